The maximum Gasteiger partial charge on any atom is 0.0110 e. The van der Waals surface area contributed by atoms with Crippen LogP contribution < -0.4 is 5.32 Å². The smallest absolute Gasteiger partial charge is 0.0110 e. The molecule has 2 rings (SSSR count). The zero-order chi connectivity index (χ0) is 19.2. The standard InChI is InChI=1S/C22H47N5/c1-3-11-24-15-19-26(20-16-24)13-7-5-9-23-10-6-8-14-27-21-17-25(12-4-2)18-22-27/h23H,3-22H2,1-2H3. The van der Waals surface area contributed by atoms with Gasteiger partial charge in [-0.05, 0) is 77.8 Å². The molecule has 0 atom stereocenters. The summed E-state index contributed by atoms with van der Waals surface area (Å²) in [6.45, 7) is 22.4. The predicted molar refractivity (Wildman–Crippen MR) is 118 cm³/mol. The lowest BCUT2D eigenvalue weighted by atomic mass is 10.2. The fraction of sp³-hybridized carbons (Fsp3) is 1.00. The molecule has 0 unspecified atom stereocenters. The van der Waals surface area contributed by atoms with Gasteiger partial charge >= 0.3 is 0 Å². The molecule has 2 fully saturated rings. The minimum Gasteiger partial charge on any atom is -0.317 e. The summed E-state index contributed by atoms with van der Waals surface area (Å²) in [6.07, 6.45) is 7.94. The van der Waals surface area contributed by atoms with Crippen molar-refractivity contribution in [1.82, 2.24) is 24.9 Å². The molecule has 0 amide bonds. The van der Waals surface area contributed by atoms with Gasteiger partial charge in [-0.15, -0.1) is 0 Å². The molecule has 2 saturated heterocycles. The van der Waals surface area contributed by atoms with Gasteiger partial charge in [0.15, 0.2) is 0 Å². The number of piperazine rings is 2. The Labute approximate surface area is 169 Å². The molecule has 0 spiro atoms. The van der Waals surface area contributed by atoms with Crippen molar-refractivity contribution in [3.63, 3.8) is 0 Å². The third-order valence-electron chi connectivity index (χ3n) is 6.17. The zero-order valence-corrected chi connectivity index (χ0v) is 18.4. The van der Waals surface area contributed by atoms with Crippen molar-refractivity contribution in [2.45, 2.75) is 52.4 Å². The third-order valence-corrected chi connectivity index (χ3v) is 6.17. The van der Waals surface area contributed by atoms with Crippen molar-refractivity contribution in [2.24, 2.45) is 0 Å². The van der Waals surface area contributed by atoms with E-state index in [0.29, 0.717) is 0 Å². The molecule has 2 aliphatic heterocycles. The van der Waals surface area contributed by atoms with Gasteiger partial charge in [0.2, 0.25) is 0 Å². The van der Waals surface area contributed by atoms with E-state index in [1.165, 1.54) is 130 Å². The second kappa shape index (κ2) is 14.7. The summed E-state index contributed by atoms with van der Waals surface area (Å²) in [4.78, 5) is 10.5. The Bertz CT molecular complexity index is 304. The largest absolute Gasteiger partial charge is 0.317 e. The summed E-state index contributed by atoms with van der Waals surface area (Å²) >= 11 is 0. The van der Waals surface area contributed by atoms with Crippen LogP contribution in [0.15, 0.2) is 0 Å². The van der Waals surface area contributed by atoms with Crippen LogP contribution >= 0.6 is 0 Å². The first-order valence-corrected chi connectivity index (χ1v) is 11.9. The van der Waals surface area contributed by atoms with E-state index >= 15 is 0 Å². The summed E-state index contributed by atoms with van der Waals surface area (Å²) in [5.41, 5.74) is 0. The van der Waals surface area contributed by atoms with E-state index in [1.807, 2.05) is 0 Å². The van der Waals surface area contributed by atoms with Crippen LogP contribution in [-0.4, -0.2) is 111 Å². The molecule has 2 heterocycles. The highest BCUT2D eigenvalue weighted by atomic mass is 15.3. The average Bonchev–Trinajstić information content (AvgIpc) is 2.69. The van der Waals surface area contributed by atoms with E-state index in [4.69, 9.17) is 0 Å². The van der Waals surface area contributed by atoms with Crippen LogP contribution in [0.25, 0.3) is 0 Å². The van der Waals surface area contributed by atoms with Crippen LogP contribution in [0.3, 0.4) is 0 Å². The number of unbranched alkanes of at least 4 members (excludes halogenated alkanes) is 2. The Hall–Kier alpha value is -0.200. The second-order valence-electron chi connectivity index (χ2n) is 8.53. The molecule has 0 aromatic heterocycles. The molecule has 1 N–H and O–H groups in total. The van der Waals surface area contributed by atoms with Gasteiger partial charge in [-0.3, -0.25) is 0 Å². The van der Waals surface area contributed by atoms with E-state index in [-0.39, 0.29) is 0 Å². The monoisotopic (exact) mass is 381 g/mol. The lowest BCUT2D eigenvalue weighted by molar-refractivity contribution is 0.130. The van der Waals surface area contributed by atoms with Crippen molar-refractivity contribution in [1.29, 1.82) is 0 Å². The number of nitrogens with one attached hydrogen (secondary N) is 1. The van der Waals surface area contributed by atoms with E-state index < -0.39 is 0 Å². The quantitative estimate of drug-likeness (QED) is 0.465. The van der Waals surface area contributed by atoms with Crippen LogP contribution in [0.2, 0.25) is 0 Å². The van der Waals surface area contributed by atoms with Gasteiger partial charge in [-0.25, -0.2) is 0 Å². The van der Waals surface area contributed by atoms with Crippen molar-refractivity contribution < 1.29 is 0 Å². The Morgan fingerprint density at radius 1 is 0.481 bits per heavy atom. The van der Waals surface area contributed by atoms with Gasteiger partial charge in [0, 0.05) is 52.4 Å². The number of hydrogen-bond acceptors (Lipinski definition) is 5. The maximum atomic E-state index is 3.65. The van der Waals surface area contributed by atoms with Crippen LogP contribution in [0.1, 0.15) is 52.4 Å². The van der Waals surface area contributed by atoms with Crippen molar-refractivity contribution in [3.8, 4) is 0 Å². The van der Waals surface area contributed by atoms with Crippen LogP contribution in [-0.2, 0) is 0 Å². The normalized spacial score (nSPS) is 21.1. The first kappa shape index (κ1) is 23.1. The summed E-state index contributed by atoms with van der Waals surface area (Å²) < 4.78 is 0. The van der Waals surface area contributed by atoms with Gasteiger partial charge in [-0.1, -0.05) is 13.8 Å². The molecule has 2 aliphatic rings. The van der Waals surface area contributed by atoms with Gasteiger partial charge in [0.05, 0.1) is 0 Å². The lowest BCUT2D eigenvalue weighted by Gasteiger charge is -2.34. The first-order chi connectivity index (χ1) is 13.3. The highest BCUT2D eigenvalue weighted by Gasteiger charge is 2.16. The third kappa shape index (κ3) is 10.2. The van der Waals surface area contributed by atoms with Gasteiger partial charge in [0.25, 0.3) is 0 Å². The van der Waals surface area contributed by atoms with Crippen LogP contribution in [0.4, 0.5) is 0 Å². The molecule has 0 aliphatic carbocycles. The minimum atomic E-state index is 1.20. The van der Waals surface area contributed by atoms with E-state index in [9.17, 15) is 0 Å². The number of nitrogens with zero attached hydrogens (tertiary/aromatic N) is 4. The lowest BCUT2D eigenvalue weighted by Crippen LogP contribution is -2.46. The van der Waals surface area contributed by atoms with Crippen LogP contribution in [0.5, 0.6) is 0 Å². The summed E-state index contributed by atoms with van der Waals surface area (Å²) in [5.74, 6) is 0. The summed E-state index contributed by atoms with van der Waals surface area (Å²) in [5, 5.41) is 3.65. The average molecular weight is 382 g/mol. The van der Waals surface area contributed by atoms with Crippen LogP contribution in [0, 0.1) is 0 Å². The Morgan fingerprint density at radius 2 is 0.815 bits per heavy atom. The molecular formula is C22H47N5. The van der Waals surface area contributed by atoms with Crippen molar-refractivity contribution in [2.75, 3.05) is 91.6 Å². The Kier molecular flexibility index (Phi) is 12.6. The van der Waals surface area contributed by atoms with E-state index in [1.54, 1.807) is 0 Å². The first-order valence-electron chi connectivity index (χ1n) is 11.9. The molecule has 0 radical (unpaired) electrons. The molecule has 160 valence electrons. The van der Waals surface area contributed by atoms with Gasteiger partial charge < -0.3 is 24.9 Å². The van der Waals surface area contributed by atoms with E-state index in [0.717, 1.165) is 0 Å². The zero-order valence-electron chi connectivity index (χ0n) is 18.4. The highest BCUT2D eigenvalue weighted by molar-refractivity contribution is 4.72. The topological polar surface area (TPSA) is 25.0 Å². The Morgan fingerprint density at radius 3 is 1.15 bits per heavy atom. The molecule has 0 bridgehead atoms. The molecule has 0 saturated carbocycles. The second-order valence-corrected chi connectivity index (χ2v) is 8.53. The predicted octanol–water partition coefficient (Wildman–Crippen LogP) is 2.19. The minimum absolute atomic E-state index is 1.20. The fourth-order valence-electron chi connectivity index (χ4n) is 4.40. The molecule has 5 nitrogen and oxygen atoms in total. The Balaban J connectivity index is 1.32. The maximum absolute atomic E-state index is 3.65. The SMILES string of the molecule is CCCN1CCN(CCCCNCCCCN2CCN(CCC)CC2)CC1. The van der Waals surface area contributed by atoms with Crippen molar-refractivity contribution in [3.05, 3.63) is 0 Å². The molecular weight excluding hydrogens is 334 g/mol. The van der Waals surface area contributed by atoms with Gasteiger partial charge in [0.1, 0.15) is 0 Å². The van der Waals surface area contributed by atoms with E-state index in [2.05, 4.69) is 38.8 Å². The summed E-state index contributed by atoms with van der Waals surface area (Å²) in [6, 6.07) is 0. The molecule has 5 heteroatoms. The molecule has 0 aromatic carbocycles. The molecule has 27 heavy (non-hydrogen) atoms. The highest BCUT2D eigenvalue weighted by Crippen LogP contribution is 2.05. The van der Waals surface area contributed by atoms with Crippen molar-refractivity contribution >= 4 is 0 Å². The fourth-order valence-corrected chi connectivity index (χ4v) is 4.40. The van der Waals surface area contributed by atoms with Gasteiger partial charge in [-0.2, -0.15) is 0 Å². The number of rotatable bonds is 14. The number of hydrogen-bond donors (Lipinski definition) is 1. The summed E-state index contributed by atoms with van der Waals surface area (Å²) in [7, 11) is 0. The molecule has 0 aromatic rings.